The molecule has 0 saturated carbocycles. The molecule has 0 aliphatic rings. The second-order valence-corrected chi connectivity index (χ2v) is 10.7. The number of H-pyrrole nitrogens is 1. The second kappa shape index (κ2) is 9.15. The molecule has 170 valence electrons. The molecule has 2 heterocycles. The van der Waals surface area contributed by atoms with Crippen molar-refractivity contribution >= 4 is 58.0 Å². The Bertz CT molecular complexity index is 1400. The van der Waals surface area contributed by atoms with Crippen LogP contribution in [-0.4, -0.2) is 23.0 Å². The van der Waals surface area contributed by atoms with Gasteiger partial charge >= 0.3 is 0 Å². The quantitative estimate of drug-likeness (QED) is 0.236. The third-order valence-corrected chi connectivity index (χ3v) is 8.00. The highest BCUT2D eigenvalue weighted by atomic mass is 35.5. The Labute approximate surface area is 199 Å². The van der Waals surface area contributed by atoms with Gasteiger partial charge in [-0.05, 0) is 48.9 Å². The number of hydrogen-bond acceptors (Lipinski definition) is 5. The lowest BCUT2D eigenvalue weighted by Gasteiger charge is -2.19. The molecule has 2 aromatic carbocycles. The van der Waals surface area contributed by atoms with E-state index in [0.717, 1.165) is 11.9 Å². The van der Waals surface area contributed by atoms with E-state index in [1.54, 1.807) is 36.4 Å². The average Bonchev–Trinajstić information content (AvgIpc) is 3.15. The number of nitrogens with one attached hydrogen (secondary N) is 2. The van der Waals surface area contributed by atoms with E-state index in [-0.39, 0.29) is 17.5 Å². The summed E-state index contributed by atoms with van der Waals surface area (Å²) in [6.45, 7) is 1.86. The average molecular weight is 505 g/mol. The molecule has 8 nitrogen and oxygen atoms in total. The summed E-state index contributed by atoms with van der Waals surface area (Å²) in [4.78, 5) is 20.1. The van der Waals surface area contributed by atoms with Gasteiger partial charge in [0.2, 0.25) is 0 Å². The van der Waals surface area contributed by atoms with Crippen LogP contribution in [0, 0.1) is 12.1 Å². The van der Waals surface area contributed by atoms with Crippen molar-refractivity contribution < 1.29 is 18.6 Å². The van der Waals surface area contributed by atoms with Gasteiger partial charge in [-0.25, -0.2) is 4.73 Å². The van der Waals surface area contributed by atoms with Crippen molar-refractivity contribution in [1.29, 1.82) is 0 Å². The summed E-state index contributed by atoms with van der Waals surface area (Å²) < 4.78 is 20.5. The Hall–Kier alpha value is -2.90. The fourth-order valence-electron chi connectivity index (χ4n) is 3.62. The minimum Gasteiger partial charge on any atom is -0.711 e. The second-order valence-electron chi connectivity index (χ2n) is 7.40. The molecule has 0 bridgehead atoms. The Morgan fingerprint density at radius 3 is 2.73 bits per heavy atom. The van der Waals surface area contributed by atoms with Crippen LogP contribution in [0.5, 0.6) is 0 Å². The lowest BCUT2D eigenvalue weighted by molar-refractivity contribution is -0.609. The largest absolute Gasteiger partial charge is 0.711 e. The standard InChI is InChI=1S/C22H19Cl2N4O4P/c1-13-5-16(24)7-17(6-13)33(31,32-2)21-18-8-15(23)3-4-19(18)27-20(21)22(29)26-10-14-9-25-12-28(30)11-14/h3-9,11-12,27H,10H2,1-2H3,(H,26,29). The number of nitrogens with zero attached hydrogens (tertiary/aromatic N) is 2. The third-order valence-electron chi connectivity index (χ3n) is 5.05. The zero-order chi connectivity index (χ0) is 23.8. The van der Waals surface area contributed by atoms with E-state index >= 15 is 0 Å². The third kappa shape index (κ3) is 4.61. The minimum atomic E-state index is -3.77. The van der Waals surface area contributed by atoms with Gasteiger partial charge in [-0.3, -0.25) is 9.36 Å². The molecule has 1 amide bonds. The Morgan fingerprint density at radius 2 is 2.03 bits per heavy atom. The minimum absolute atomic E-state index is 0.0397. The van der Waals surface area contributed by atoms with Crippen LogP contribution in [0.4, 0.5) is 0 Å². The fourth-order valence-corrected chi connectivity index (χ4v) is 6.45. The number of amides is 1. The molecule has 2 N–H and O–H groups in total. The maximum absolute atomic E-state index is 14.3. The first-order chi connectivity index (χ1) is 15.7. The predicted octanol–water partition coefficient (Wildman–Crippen LogP) is 3.62. The van der Waals surface area contributed by atoms with Gasteiger partial charge in [0.1, 0.15) is 18.1 Å². The smallest absolute Gasteiger partial charge is 0.289 e. The van der Waals surface area contributed by atoms with Gasteiger partial charge in [-0.15, -0.1) is 0 Å². The summed E-state index contributed by atoms with van der Waals surface area (Å²) >= 11 is 12.5. The maximum atomic E-state index is 14.3. The molecule has 0 fully saturated rings. The molecule has 0 radical (unpaired) electrons. The summed E-state index contributed by atoms with van der Waals surface area (Å²) in [6.07, 6.45) is 3.87. The Morgan fingerprint density at radius 1 is 1.24 bits per heavy atom. The van der Waals surface area contributed by atoms with Crippen LogP contribution in [0.2, 0.25) is 10.0 Å². The number of carbonyl (C=O) groups is 1. The molecule has 33 heavy (non-hydrogen) atoms. The van der Waals surface area contributed by atoms with Crippen molar-refractivity contribution in [1.82, 2.24) is 15.3 Å². The summed E-state index contributed by atoms with van der Waals surface area (Å²) in [6, 6.07) is 10.00. The highest BCUT2D eigenvalue weighted by Gasteiger charge is 2.36. The first-order valence-corrected chi connectivity index (χ1v) is 12.2. The lowest BCUT2D eigenvalue weighted by Crippen LogP contribution is -2.32. The Balaban J connectivity index is 1.85. The van der Waals surface area contributed by atoms with Crippen LogP contribution >= 0.6 is 30.6 Å². The molecule has 2 aromatic heterocycles. The van der Waals surface area contributed by atoms with E-state index in [9.17, 15) is 14.6 Å². The van der Waals surface area contributed by atoms with Crippen LogP contribution < -0.4 is 20.7 Å². The molecule has 0 spiro atoms. The predicted molar refractivity (Wildman–Crippen MR) is 128 cm³/mol. The van der Waals surface area contributed by atoms with E-state index in [1.807, 2.05) is 6.92 Å². The van der Waals surface area contributed by atoms with Crippen LogP contribution in [0.1, 0.15) is 21.6 Å². The van der Waals surface area contributed by atoms with Gasteiger partial charge in [-0.1, -0.05) is 28.2 Å². The van der Waals surface area contributed by atoms with Crippen molar-refractivity contribution in [2.75, 3.05) is 7.11 Å². The van der Waals surface area contributed by atoms with Crippen molar-refractivity contribution in [3.8, 4) is 0 Å². The summed E-state index contributed by atoms with van der Waals surface area (Å²) in [5.74, 6) is -0.533. The van der Waals surface area contributed by atoms with Crippen molar-refractivity contribution in [3.63, 3.8) is 0 Å². The highest BCUT2D eigenvalue weighted by Crippen LogP contribution is 2.47. The fraction of sp³-hybridized carbons (Fsp3) is 0.136. The topological polar surface area (TPSA) is 111 Å². The van der Waals surface area contributed by atoms with E-state index < -0.39 is 13.3 Å². The highest BCUT2D eigenvalue weighted by molar-refractivity contribution is 7.75. The monoisotopic (exact) mass is 504 g/mol. The molecular formula is C22H19Cl2N4O4P. The normalized spacial score (nSPS) is 13.1. The molecule has 1 atom stereocenters. The summed E-state index contributed by atoms with van der Waals surface area (Å²) in [7, 11) is -2.45. The summed E-state index contributed by atoms with van der Waals surface area (Å²) in [5, 5.41) is 16.0. The SMILES string of the molecule is COP(=O)(c1cc(C)cc(Cl)c1)c1c(C(=O)NCc2cnc[n+]([O-])c2)[nH]c2ccc(Cl)cc12. The zero-order valence-corrected chi connectivity index (χ0v) is 20.0. The molecule has 4 aromatic rings. The van der Waals surface area contributed by atoms with Gasteiger partial charge in [0, 0.05) is 33.4 Å². The number of hydrogen-bond donors (Lipinski definition) is 2. The molecule has 1 unspecified atom stereocenters. The van der Waals surface area contributed by atoms with Gasteiger partial charge in [0.25, 0.3) is 19.6 Å². The lowest BCUT2D eigenvalue weighted by atomic mass is 10.2. The molecule has 11 heteroatoms. The van der Waals surface area contributed by atoms with Gasteiger partial charge < -0.3 is 20.0 Å². The number of benzene rings is 2. The number of rotatable bonds is 6. The number of aromatic amines is 1. The Kier molecular flexibility index (Phi) is 6.45. The van der Waals surface area contributed by atoms with Crippen LogP contribution in [0.25, 0.3) is 10.9 Å². The van der Waals surface area contributed by atoms with Crippen molar-refractivity contribution in [2.24, 2.45) is 0 Å². The number of aryl methyl sites for hydroxylation is 1. The van der Waals surface area contributed by atoms with E-state index in [2.05, 4.69) is 15.3 Å². The number of halogens is 2. The van der Waals surface area contributed by atoms with Crippen LogP contribution in [-0.2, 0) is 15.6 Å². The molecule has 0 aliphatic carbocycles. The van der Waals surface area contributed by atoms with Crippen molar-refractivity contribution in [2.45, 2.75) is 13.5 Å². The molecule has 0 saturated heterocycles. The first kappa shape index (κ1) is 23.3. The van der Waals surface area contributed by atoms with Crippen LogP contribution in [0.15, 0.2) is 55.1 Å². The zero-order valence-electron chi connectivity index (χ0n) is 17.6. The van der Waals surface area contributed by atoms with E-state index in [1.165, 1.54) is 19.5 Å². The van der Waals surface area contributed by atoms with Gasteiger partial charge in [-0.2, -0.15) is 0 Å². The van der Waals surface area contributed by atoms with E-state index in [4.69, 9.17) is 27.7 Å². The number of fused-ring (bicyclic) bond motifs is 1. The number of aromatic nitrogens is 3. The molecule has 0 aliphatic heterocycles. The van der Waals surface area contributed by atoms with Gasteiger partial charge in [0.05, 0.1) is 17.4 Å². The molecular weight excluding hydrogens is 486 g/mol. The molecule has 4 rings (SSSR count). The summed E-state index contributed by atoms with van der Waals surface area (Å²) in [5.41, 5.74) is 1.92. The maximum Gasteiger partial charge on any atom is 0.289 e. The van der Waals surface area contributed by atoms with E-state index in [0.29, 0.717) is 36.5 Å². The number of carbonyl (C=O) groups excluding carboxylic acids is 1. The van der Waals surface area contributed by atoms with Gasteiger partial charge in [0.15, 0.2) is 0 Å². The first-order valence-electron chi connectivity index (χ1n) is 9.77. The van der Waals surface area contributed by atoms with Crippen LogP contribution in [0.3, 0.4) is 0 Å². The van der Waals surface area contributed by atoms with Crippen molar-refractivity contribution in [3.05, 3.63) is 87.2 Å².